The van der Waals surface area contributed by atoms with Crippen molar-refractivity contribution < 1.29 is 9.90 Å². The minimum absolute atomic E-state index is 0.231. The molecule has 1 atom stereocenters. The Bertz CT molecular complexity index is 311. The summed E-state index contributed by atoms with van der Waals surface area (Å²) in [6.45, 7) is 1.86. The summed E-state index contributed by atoms with van der Waals surface area (Å²) in [7, 11) is 0. The van der Waals surface area contributed by atoms with Crippen molar-refractivity contribution >= 4 is 21.8 Å². The Kier molecular flexibility index (Phi) is 4.03. The number of pyridine rings is 1. The third-order valence-electron chi connectivity index (χ3n) is 1.55. The number of hydrogen-bond acceptors (Lipinski definition) is 3. The van der Waals surface area contributed by atoms with E-state index in [1.54, 1.807) is 19.1 Å². The monoisotopic (exact) mass is 258 g/mol. The third kappa shape index (κ3) is 3.43. The molecule has 1 aromatic heterocycles. The highest BCUT2D eigenvalue weighted by molar-refractivity contribution is 9.10. The molecular weight excluding hydrogens is 248 g/mol. The van der Waals surface area contributed by atoms with E-state index in [0.717, 1.165) is 0 Å². The Labute approximate surface area is 90.5 Å². The molecule has 0 aliphatic heterocycles. The number of aliphatic hydroxyl groups excluding tert-OH is 1. The second kappa shape index (κ2) is 5.07. The molecule has 0 fully saturated rings. The average molecular weight is 259 g/mol. The average Bonchev–Trinajstić information content (AvgIpc) is 2.15. The summed E-state index contributed by atoms with van der Waals surface area (Å²) in [5.74, 6) is -0.231. The molecule has 0 radical (unpaired) electrons. The molecule has 0 saturated carbocycles. The fourth-order valence-electron chi connectivity index (χ4n) is 0.853. The summed E-state index contributed by atoms with van der Waals surface area (Å²) < 4.78 is 0.685. The van der Waals surface area contributed by atoms with Gasteiger partial charge in [0.2, 0.25) is 0 Å². The van der Waals surface area contributed by atoms with E-state index in [1.807, 2.05) is 0 Å². The van der Waals surface area contributed by atoms with Crippen molar-refractivity contribution in [3.63, 3.8) is 0 Å². The highest BCUT2D eigenvalue weighted by Crippen LogP contribution is 2.05. The number of nitrogens with one attached hydrogen (secondary N) is 1. The molecule has 1 amide bonds. The standard InChI is InChI=1S/C9H11BrN2O2/c1-6(13)4-12-9(14)7-2-3-8(10)11-5-7/h2-3,5-6,13H,4H2,1H3,(H,12,14)/t6-/m1/s1. The first-order valence-corrected chi connectivity index (χ1v) is 4.96. The second-order valence-electron chi connectivity index (χ2n) is 2.93. The highest BCUT2D eigenvalue weighted by atomic mass is 79.9. The van der Waals surface area contributed by atoms with E-state index in [1.165, 1.54) is 6.20 Å². The van der Waals surface area contributed by atoms with Crippen LogP contribution in [0.4, 0.5) is 0 Å². The van der Waals surface area contributed by atoms with Gasteiger partial charge in [-0.15, -0.1) is 0 Å². The summed E-state index contributed by atoms with van der Waals surface area (Å²) in [5, 5.41) is 11.5. The van der Waals surface area contributed by atoms with Crippen molar-refractivity contribution in [3.05, 3.63) is 28.5 Å². The van der Waals surface area contributed by atoms with Gasteiger partial charge >= 0.3 is 0 Å². The second-order valence-corrected chi connectivity index (χ2v) is 3.74. The lowest BCUT2D eigenvalue weighted by Crippen LogP contribution is -2.30. The number of hydrogen-bond donors (Lipinski definition) is 2. The molecule has 4 nitrogen and oxygen atoms in total. The lowest BCUT2D eigenvalue weighted by molar-refractivity contribution is 0.0923. The Balaban J connectivity index is 2.57. The molecule has 0 saturated heterocycles. The largest absolute Gasteiger partial charge is 0.392 e. The van der Waals surface area contributed by atoms with Gasteiger partial charge in [-0.2, -0.15) is 0 Å². The molecule has 1 aromatic rings. The summed E-state index contributed by atoms with van der Waals surface area (Å²) in [6, 6.07) is 3.35. The van der Waals surface area contributed by atoms with Gasteiger partial charge in [0.05, 0.1) is 11.7 Å². The first kappa shape index (κ1) is 11.1. The van der Waals surface area contributed by atoms with E-state index in [-0.39, 0.29) is 12.5 Å². The summed E-state index contributed by atoms with van der Waals surface area (Å²) in [4.78, 5) is 15.3. The predicted octanol–water partition coefficient (Wildman–Crippen LogP) is 0.955. The number of aromatic nitrogens is 1. The van der Waals surface area contributed by atoms with Gasteiger partial charge in [0, 0.05) is 12.7 Å². The molecule has 0 aromatic carbocycles. The van der Waals surface area contributed by atoms with Crippen LogP contribution in [0.25, 0.3) is 0 Å². The maximum atomic E-state index is 11.4. The lowest BCUT2D eigenvalue weighted by atomic mass is 10.2. The molecule has 0 spiro atoms. The highest BCUT2D eigenvalue weighted by Gasteiger charge is 2.05. The van der Waals surface area contributed by atoms with Crippen molar-refractivity contribution in [2.75, 3.05) is 6.54 Å². The van der Waals surface area contributed by atoms with Gasteiger partial charge < -0.3 is 10.4 Å². The van der Waals surface area contributed by atoms with Crippen LogP contribution < -0.4 is 5.32 Å². The van der Waals surface area contributed by atoms with Gasteiger partial charge in [-0.3, -0.25) is 4.79 Å². The zero-order valence-electron chi connectivity index (χ0n) is 7.70. The Morgan fingerprint density at radius 1 is 1.71 bits per heavy atom. The van der Waals surface area contributed by atoms with E-state index in [2.05, 4.69) is 26.2 Å². The SMILES string of the molecule is C[C@@H](O)CNC(=O)c1ccc(Br)nc1. The van der Waals surface area contributed by atoms with Crippen LogP contribution in [0, 0.1) is 0 Å². The number of amides is 1. The fourth-order valence-corrected chi connectivity index (χ4v) is 1.09. The van der Waals surface area contributed by atoms with Gasteiger partial charge in [0.15, 0.2) is 0 Å². The molecule has 0 unspecified atom stereocenters. The molecule has 76 valence electrons. The molecule has 1 heterocycles. The van der Waals surface area contributed by atoms with Crippen molar-refractivity contribution in [3.8, 4) is 0 Å². The Hall–Kier alpha value is -0.940. The van der Waals surface area contributed by atoms with Crippen LogP contribution in [0.15, 0.2) is 22.9 Å². The Morgan fingerprint density at radius 2 is 2.43 bits per heavy atom. The number of halogens is 1. The van der Waals surface area contributed by atoms with Crippen LogP contribution in [0.5, 0.6) is 0 Å². The minimum atomic E-state index is -0.539. The van der Waals surface area contributed by atoms with Crippen molar-refractivity contribution in [2.45, 2.75) is 13.0 Å². The topological polar surface area (TPSA) is 62.2 Å². The first-order valence-electron chi connectivity index (χ1n) is 4.17. The van der Waals surface area contributed by atoms with E-state index < -0.39 is 6.10 Å². The first-order chi connectivity index (χ1) is 6.59. The number of rotatable bonds is 3. The predicted molar refractivity (Wildman–Crippen MR) is 56.0 cm³/mol. The van der Waals surface area contributed by atoms with Crippen LogP contribution in [0.1, 0.15) is 17.3 Å². The number of nitrogens with zero attached hydrogens (tertiary/aromatic N) is 1. The molecule has 14 heavy (non-hydrogen) atoms. The zero-order valence-corrected chi connectivity index (χ0v) is 9.28. The lowest BCUT2D eigenvalue weighted by Gasteiger charge is -2.06. The third-order valence-corrected chi connectivity index (χ3v) is 2.02. The van der Waals surface area contributed by atoms with Gasteiger partial charge in [-0.25, -0.2) is 4.98 Å². The van der Waals surface area contributed by atoms with Crippen molar-refractivity contribution in [1.82, 2.24) is 10.3 Å². The smallest absolute Gasteiger partial charge is 0.252 e. The maximum absolute atomic E-state index is 11.4. The molecule has 2 N–H and O–H groups in total. The van der Waals surface area contributed by atoms with Crippen LogP contribution in [-0.2, 0) is 0 Å². The summed E-state index contributed by atoms with van der Waals surface area (Å²) >= 11 is 3.17. The molecular formula is C9H11BrN2O2. The number of aliphatic hydroxyl groups is 1. The van der Waals surface area contributed by atoms with Gasteiger partial charge in [-0.1, -0.05) is 0 Å². The Morgan fingerprint density at radius 3 is 2.93 bits per heavy atom. The van der Waals surface area contributed by atoms with E-state index in [0.29, 0.717) is 10.2 Å². The van der Waals surface area contributed by atoms with Gasteiger partial charge in [0.25, 0.3) is 5.91 Å². The van der Waals surface area contributed by atoms with Gasteiger partial charge in [-0.05, 0) is 35.0 Å². The number of carbonyl (C=O) groups excluding carboxylic acids is 1. The van der Waals surface area contributed by atoms with Crippen molar-refractivity contribution in [1.29, 1.82) is 0 Å². The van der Waals surface area contributed by atoms with Gasteiger partial charge in [0.1, 0.15) is 4.60 Å². The molecule has 0 aliphatic carbocycles. The molecule has 1 rings (SSSR count). The quantitative estimate of drug-likeness (QED) is 0.794. The number of carbonyl (C=O) groups is 1. The van der Waals surface area contributed by atoms with E-state index in [4.69, 9.17) is 5.11 Å². The van der Waals surface area contributed by atoms with Crippen LogP contribution >= 0.6 is 15.9 Å². The summed E-state index contributed by atoms with van der Waals surface area (Å²) in [5.41, 5.74) is 0.480. The van der Waals surface area contributed by atoms with Crippen LogP contribution in [0.2, 0.25) is 0 Å². The van der Waals surface area contributed by atoms with E-state index in [9.17, 15) is 4.79 Å². The molecule has 0 bridgehead atoms. The normalized spacial score (nSPS) is 12.2. The van der Waals surface area contributed by atoms with Crippen LogP contribution in [0.3, 0.4) is 0 Å². The summed E-state index contributed by atoms with van der Waals surface area (Å²) in [6.07, 6.45) is 0.934. The molecule has 0 aliphatic rings. The molecule has 5 heteroatoms. The maximum Gasteiger partial charge on any atom is 0.252 e. The van der Waals surface area contributed by atoms with E-state index >= 15 is 0 Å². The minimum Gasteiger partial charge on any atom is -0.392 e. The zero-order chi connectivity index (χ0) is 10.6. The van der Waals surface area contributed by atoms with Crippen molar-refractivity contribution in [2.24, 2.45) is 0 Å². The fraction of sp³-hybridized carbons (Fsp3) is 0.333. The van der Waals surface area contributed by atoms with Crippen LogP contribution in [-0.4, -0.2) is 28.6 Å².